The Balaban J connectivity index is 2.65. The molecule has 1 aromatic carbocycles. The topological polar surface area (TPSA) is 60.4 Å². The standard InChI is InChI=1S/C13H18O4S/c1-13(2,3)18(15,16)9-8-17-12-7-5-4-6-11(12)10-14/h4-7,10H,8-9H2,1-3H3. The minimum Gasteiger partial charge on any atom is -0.492 e. The molecule has 0 N–H and O–H groups in total. The summed E-state index contributed by atoms with van der Waals surface area (Å²) in [5.41, 5.74) is 0.422. The van der Waals surface area contributed by atoms with E-state index in [1.54, 1.807) is 45.0 Å². The van der Waals surface area contributed by atoms with Gasteiger partial charge in [-0.05, 0) is 32.9 Å². The van der Waals surface area contributed by atoms with E-state index in [1.165, 1.54) is 0 Å². The summed E-state index contributed by atoms with van der Waals surface area (Å²) < 4.78 is 28.3. The Bertz CT molecular complexity index is 512. The number of ether oxygens (including phenoxy) is 1. The molecule has 0 saturated heterocycles. The largest absolute Gasteiger partial charge is 0.492 e. The Kier molecular flexibility index (Phi) is 4.51. The Morgan fingerprint density at radius 1 is 1.22 bits per heavy atom. The molecule has 0 aliphatic heterocycles. The molecule has 1 rings (SSSR count). The van der Waals surface area contributed by atoms with Gasteiger partial charge in [0.1, 0.15) is 12.4 Å². The highest BCUT2D eigenvalue weighted by atomic mass is 32.2. The fourth-order valence-corrected chi connectivity index (χ4v) is 2.19. The van der Waals surface area contributed by atoms with Crippen molar-refractivity contribution >= 4 is 16.1 Å². The van der Waals surface area contributed by atoms with Crippen LogP contribution in [0.2, 0.25) is 0 Å². The number of sulfone groups is 1. The number of para-hydroxylation sites is 1. The molecule has 0 heterocycles. The second-order valence-corrected chi connectivity index (χ2v) is 7.80. The van der Waals surface area contributed by atoms with Gasteiger partial charge in [-0.1, -0.05) is 12.1 Å². The molecule has 0 fully saturated rings. The second kappa shape index (κ2) is 5.52. The normalized spacial score (nSPS) is 12.2. The minimum absolute atomic E-state index is 0.0461. The molecule has 0 aliphatic rings. The van der Waals surface area contributed by atoms with Crippen LogP contribution in [-0.4, -0.2) is 31.8 Å². The van der Waals surface area contributed by atoms with E-state index in [0.717, 1.165) is 0 Å². The number of carbonyl (C=O) groups excluding carboxylic acids is 1. The minimum atomic E-state index is -3.20. The van der Waals surface area contributed by atoms with Crippen LogP contribution < -0.4 is 4.74 Å². The van der Waals surface area contributed by atoms with Crippen LogP contribution in [0.5, 0.6) is 5.75 Å². The van der Waals surface area contributed by atoms with Crippen molar-refractivity contribution in [3.63, 3.8) is 0 Å². The summed E-state index contributed by atoms with van der Waals surface area (Å²) in [4.78, 5) is 10.7. The van der Waals surface area contributed by atoms with Crippen molar-refractivity contribution in [2.75, 3.05) is 12.4 Å². The van der Waals surface area contributed by atoms with Crippen molar-refractivity contribution in [3.05, 3.63) is 29.8 Å². The number of benzene rings is 1. The highest BCUT2D eigenvalue weighted by Gasteiger charge is 2.28. The Hall–Kier alpha value is -1.36. The third-order valence-electron chi connectivity index (χ3n) is 2.59. The average Bonchev–Trinajstić information content (AvgIpc) is 2.28. The van der Waals surface area contributed by atoms with Gasteiger partial charge in [-0.15, -0.1) is 0 Å². The lowest BCUT2D eigenvalue weighted by Gasteiger charge is -2.19. The van der Waals surface area contributed by atoms with Gasteiger partial charge in [0, 0.05) is 0 Å². The van der Waals surface area contributed by atoms with Crippen LogP contribution in [0.4, 0.5) is 0 Å². The quantitative estimate of drug-likeness (QED) is 0.769. The van der Waals surface area contributed by atoms with Gasteiger partial charge in [0.15, 0.2) is 16.1 Å². The molecular formula is C13H18O4S. The van der Waals surface area contributed by atoms with Gasteiger partial charge in [-0.3, -0.25) is 4.79 Å². The van der Waals surface area contributed by atoms with E-state index in [4.69, 9.17) is 4.74 Å². The first-order chi connectivity index (χ1) is 8.28. The van der Waals surface area contributed by atoms with E-state index < -0.39 is 14.6 Å². The predicted octanol–water partition coefficient (Wildman–Crippen LogP) is 2.09. The van der Waals surface area contributed by atoms with Crippen molar-refractivity contribution in [2.24, 2.45) is 0 Å². The fraction of sp³-hybridized carbons (Fsp3) is 0.462. The molecule has 0 bridgehead atoms. The zero-order valence-corrected chi connectivity index (χ0v) is 11.7. The molecular weight excluding hydrogens is 252 g/mol. The maximum atomic E-state index is 11.8. The Morgan fingerprint density at radius 3 is 2.39 bits per heavy atom. The lowest BCUT2D eigenvalue weighted by molar-refractivity contribution is 0.112. The summed E-state index contributed by atoms with van der Waals surface area (Å²) in [6, 6.07) is 6.73. The van der Waals surface area contributed by atoms with Crippen LogP contribution in [0.1, 0.15) is 31.1 Å². The van der Waals surface area contributed by atoms with Gasteiger partial charge in [-0.2, -0.15) is 0 Å². The Labute approximate surface area is 108 Å². The van der Waals surface area contributed by atoms with Crippen LogP contribution in [0.15, 0.2) is 24.3 Å². The summed E-state index contributed by atoms with van der Waals surface area (Å²) >= 11 is 0. The van der Waals surface area contributed by atoms with Crippen molar-refractivity contribution in [1.82, 2.24) is 0 Å². The number of hydrogen-bond donors (Lipinski definition) is 0. The van der Waals surface area contributed by atoms with Crippen LogP contribution in [-0.2, 0) is 9.84 Å². The number of hydrogen-bond acceptors (Lipinski definition) is 4. The van der Waals surface area contributed by atoms with Gasteiger partial charge in [0.05, 0.1) is 16.1 Å². The Morgan fingerprint density at radius 2 is 1.83 bits per heavy atom. The highest BCUT2D eigenvalue weighted by molar-refractivity contribution is 7.92. The SMILES string of the molecule is CC(C)(C)S(=O)(=O)CCOc1ccccc1C=O. The van der Waals surface area contributed by atoms with Crippen LogP contribution in [0, 0.1) is 0 Å². The fourth-order valence-electron chi connectivity index (χ4n) is 1.28. The number of carbonyl (C=O) groups is 1. The van der Waals surface area contributed by atoms with E-state index in [9.17, 15) is 13.2 Å². The van der Waals surface area contributed by atoms with Crippen molar-refractivity contribution < 1.29 is 17.9 Å². The first-order valence-corrected chi connectivity index (χ1v) is 7.32. The van der Waals surface area contributed by atoms with Crippen molar-refractivity contribution in [1.29, 1.82) is 0 Å². The maximum Gasteiger partial charge on any atom is 0.158 e. The first kappa shape index (κ1) is 14.7. The van der Waals surface area contributed by atoms with Crippen LogP contribution in [0.3, 0.4) is 0 Å². The summed E-state index contributed by atoms with van der Waals surface area (Å²) in [5, 5.41) is 0. The predicted molar refractivity (Wildman–Crippen MR) is 70.9 cm³/mol. The van der Waals surface area contributed by atoms with E-state index in [1.807, 2.05) is 0 Å². The number of aldehydes is 1. The van der Waals surface area contributed by atoms with E-state index in [0.29, 0.717) is 17.6 Å². The van der Waals surface area contributed by atoms with Crippen LogP contribution in [0.25, 0.3) is 0 Å². The number of rotatable bonds is 5. The third kappa shape index (κ3) is 3.57. The van der Waals surface area contributed by atoms with Gasteiger partial charge in [0.2, 0.25) is 0 Å². The van der Waals surface area contributed by atoms with Gasteiger partial charge in [-0.25, -0.2) is 8.42 Å². The molecule has 0 aliphatic carbocycles. The second-order valence-electron chi connectivity index (χ2n) is 4.94. The summed E-state index contributed by atoms with van der Waals surface area (Å²) in [5.74, 6) is 0.348. The highest BCUT2D eigenvalue weighted by Crippen LogP contribution is 2.18. The molecule has 0 amide bonds. The van der Waals surface area contributed by atoms with Crippen LogP contribution >= 0.6 is 0 Å². The summed E-state index contributed by atoms with van der Waals surface area (Å²) in [7, 11) is -3.20. The molecule has 0 spiro atoms. The molecule has 100 valence electrons. The summed E-state index contributed by atoms with van der Waals surface area (Å²) in [6.45, 7) is 5.01. The smallest absolute Gasteiger partial charge is 0.158 e. The van der Waals surface area contributed by atoms with E-state index in [-0.39, 0.29) is 12.4 Å². The lowest BCUT2D eigenvalue weighted by Crippen LogP contribution is -2.32. The molecule has 1 aromatic rings. The third-order valence-corrected chi connectivity index (χ3v) is 5.16. The zero-order valence-electron chi connectivity index (χ0n) is 10.8. The van der Waals surface area contributed by atoms with E-state index >= 15 is 0 Å². The lowest BCUT2D eigenvalue weighted by atomic mass is 10.2. The van der Waals surface area contributed by atoms with Crippen molar-refractivity contribution in [3.8, 4) is 5.75 Å². The monoisotopic (exact) mass is 270 g/mol. The molecule has 4 nitrogen and oxygen atoms in total. The molecule has 0 radical (unpaired) electrons. The molecule has 18 heavy (non-hydrogen) atoms. The van der Waals surface area contributed by atoms with Gasteiger partial charge >= 0.3 is 0 Å². The first-order valence-electron chi connectivity index (χ1n) is 5.67. The van der Waals surface area contributed by atoms with Crippen molar-refractivity contribution in [2.45, 2.75) is 25.5 Å². The molecule has 0 atom stereocenters. The molecule has 0 aromatic heterocycles. The van der Waals surface area contributed by atoms with E-state index in [2.05, 4.69) is 0 Å². The molecule has 0 saturated carbocycles. The molecule has 0 unspecified atom stereocenters. The zero-order chi connectivity index (χ0) is 13.8. The maximum absolute atomic E-state index is 11.8. The van der Waals surface area contributed by atoms with Gasteiger partial charge < -0.3 is 4.74 Å². The average molecular weight is 270 g/mol. The van der Waals surface area contributed by atoms with Gasteiger partial charge in [0.25, 0.3) is 0 Å². The molecule has 5 heteroatoms. The summed E-state index contributed by atoms with van der Waals surface area (Å²) in [6.07, 6.45) is 0.688.